The molecule has 0 radical (unpaired) electrons. The van der Waals surface area contributed by atoms with Gasteiger partial charge in [0.25, 0.3) is 0 Å². The quantitative estimate of drug-likeness (QED) is 0.205. The lowest BCUT2D eigenvalue weighted by Gasteiger charge is -2.13. The number of nitrogens with zero attached hydrogens (tertiary/aromatic N) is 1. The highest BCUT2D eigenvalue weighted by Crippen LogP contribution is 2.29. The zero-order valence-electron chi connectivity index (χ0n) is 23.2. The summed E-state index contributed by atoms with van der Waals surface area (Å²) >= 11 is 0. The van der Waals surface area contributed by atoms with Crippen molar-refractivity contribution in [2.75, 3.05) is 19.8 Å². The van der Waals surface area contributed by atoms with Crippen LogP contribution in [0.2, 0.25) is 0 Å². The fraction of sp³-hybridized carbons (Fsp3) is 0.452. The van der Waals surface area contributed by atoms with Gasteiger partial charge in [0.15, 0.2) is 0 Å². The summed E-state index contributed by atoms with van der Waals surface area (Å²) in [6, 6.07) is 13.2. The Bertz CT molecular complexity index is 1270. The fourth-order valence-electron chi connectivity index (χ4n) is 4.12. The van der Waals surface area contributed by atoms with Gasteiger partial charge in [-0.15, -0.1) is 0 Å². The van der Waals surface area contributed by atoms with Crippen molar-refractivity contribution in [3.05, 3.63) is 65.0 Å². The molecule has 1 aliphatic rings. The zero-order chi connectivity index (χ0) is 28.3. The van der Waals surface area contributed by atoms with E-state index < -0.39 is 12.1 Å². The number of carbonyl (C=O) groups excluding carboxylic acids is 1. The first kappa shape index (κ1) is 29.0. The number of unbranched alkanes of at least 4 members (excludes halogenated alkanes) is 1. The number of alkyl carbamates (subject to hydrolysis) is 1. The highest BCUT2D eigenvalue weighted by atomic mass is 16.5. The number of aromatic nitrogens is 1. The van der Waals surface area contributed by atoms with Gasteiger partial charge in [0.05, 0.1) is 25.5 Å². The molecule has 0 saturated heterocycles. The lowest BCUT2D eigenvalue weighted by Crippen LogP contribution is -2.25. The smallest absolute Gasteiger partial charge is 0.407 e. The normalized spacial score (nSPS) is 12.7. The summed E-state index contributed by atoms with van der Waals surface area (Å²) in [7, 11) is 0. The van der Waals surface area contributed by atoms with E-state index in [2.05, 4.69) is 17.2 Å². The molecule has 0 bridgehead atoms. The van der Waals surface area contributed by atoms with Gasteiger partial charge in [0.1, 0.15) is 17.3 Å². The number of nitrogens with one attached hydrogen (secondary N) is 1. The van der Waals surface area contributed by atoms with E-state index in [0.29, 0.717) is 50.2 Å². The summed E-state index contributed by atoms with van der Waals surface area (Å²) in [5, 5.41) is 11.9. The molecular weight excluding hydrogens is 512 g/mol. The van der Waals surface area contributed by atoms with Crippen LogP contribution in [0.4, 0.5) is 4.79 Å². The molecule has 0 spiro atoms. The Balaban J connectivity index is 1.33. The van der Waals surface area contributed by atoms with Crippen molar-refractivity contribution < 1.29 is 33.3 Å². The molecule has 1 saturated carbocycles. The number of carboxylic acid groups (broad SMARTS) is 1. The number of hydrogen-bond donors (Lipinski definition) is 2. The molecule has 2 aromatic carbocycles. The fourth-order valence-corrected chi connectivity index (χ4v) is 4.12. The van der Waals surface area contributed by atoms with Gasteiger partial charge in [-0.05, 0) is 86.1 Å². The van der Waals surface area contributed by atoms with Gasteiger partial charge in [0.2, 0.25) is 5.89 Å². The summed E-state index contributed by atoms with van der Waals surface area (Å²) < 4.78 is 22.9. The van der Waals surface area contributed by atoms with Crippen LogP contribution in [0.25, 0.3) is 11.5 Å². The van der Waals surface area contributed by atoms with Crippen LogP contribution in [0, 0.1) is 12.8 Å². The minimum atomic E-state index is -0.873. The third-order valence-electron chi connectivity index (χ3n) is 6.72. The second-order valence-electron chi connectivity index (χ2n) is 10.1. The van der Waals surface area contributed by atoms with E-state index in [9.17, 15) is 9.59 Å². The third kappa shape index (κ3) is 9.03. The predicted octanol–water partition coefficient (Wildman–Crippen LogP) is 6.10. The first-order valence-corrected chi connectivity index (χ1v) is 14.0. The van der Waals surface area contributed by atoms with E-state index in [1.165, 1.54) is 0 Å². The average molecular weight is 551 g/mol. The molecular formula is C31H38N2O7. The van der Waals surface area contributed by atoms with Crippen molar-refractivity contribution in [2.24, 2.45) is 5.92 Å². The lowest BCUT2D eigenvalue weighted by molar-refractivity contribution is -0.136. The summed E-state index contributed by atoms with van der Waals surface area (Å²) in [6.07, 6.45) is 4.75. The molecule has 40 heavy (non-hydrogen) atoms. The average Bonchev–Trinajstić information content (AvgIpc) is 3.71. The number of carboxylic acids is 1. The van der Waals surface area contributed by atoms with Crippen molar-refractivity contribution in [1.29, 1.82) is 0 Å². The van der Waals surface area contributed by atoms with Gasteiger partial charge in [-0.1, -0.05) is 19.4 Å². The number of benzene rings is 2. The Labute approximate surface area is 234 Å². The Hall–Kier alpha value is -4.01. The van der Waals surface area contributed by atoms with Crippen LogP contribution < -0.4 is 14.8 Å². The van der Waals surface area contributed by atoms with Gasteiger partial charge in [-0.3, -0.25) is 4.79 Å². The zero-order valence-corrected chi connectivity index (χ0v) is 23.2. The third-order valence-corrected chi connectivity index (χ3v) is 6.72. The van der Waals surface area contributed by atoms with Crippen LogP contribution in [-0.4, -0.2) is 42.0 Å². The van der Waals surface area contributed by atoms with Crippen LogP contribution in [0.5, 0.6) is 11.5 Å². The second kappa shape index (κ2) is 14.4. The van der Waals surface area contributed by atoms with E-state index in [1.54, 1.807) is 0 Å². The van der Waals surface area contributed by atoms with E-state index >= 15 is 0 Å². The first-order chi connectivity index (χ1) is 19.4. The van der Waals surface area contributed by atoms with Crippen molar-refractivity contribution >= 4 is 12.1 Å². The second-order valence-corrected chi connectivity index (χ2v) is 10.1. The van der Waals surface area contributed by atoms with Crippen LogP contribution in [0.15, 0.2) is 46.9 Å². The van der Waals surface area contributed by atoms with E-state index in [0.717, 1.165) is 59.6 Å². The number of ether oxygens (including phenoxy) is 3. The summed E-state index contributed by atoms with van der Waals surface area (Å²) in [4.78, 5) is 27.8. The molecule has 4 rings (SSSR count). The molecule has 0 aliphatic heterocycles. The molecule has 1 aromatic heterocycles. The molecule has 1 fully saturated rings. The number of oxazole rings is 1. The van der Waals surface area contributed by atoms with Crippen molar-refractivity contribution in [3.8, 4) is 23.0 Å². The molecule has 0 unspecified atom stereocenters. The summed E-state index contributed by atoms with van der Waals surface area (Å²) in [5.74, 6) is 2.35. The number of aryl methyl sites for hydroxylation is 2. The Morgan fingerprint density at radius 2 is 1.77 bits per heavy atom. The number of rotatable bonds is 16. The Morgan fingerprint density at radius 3 is 2.50 bits per heavy atom. The topological polar surface area (TPSA) is 120 Å². The Morgan fingerprint density at radius 1 is 1.02 bits per heavy atom. The van der Waals surface area contributed by atoms with Gasteiger partial charge in [-0.25, -0.2) is 9.78 Å². The van der Waals surface area contributed by atoms with Crippen LogP contribution >= 0.6 is 0 Å². The Kier molecular flexibility index (Phi) is 10.4. The first-order valence-electron chi connectivity index (χ1n) is 14.0. The number of hydrogen-bond acceptors (Lipinski definition) is 7. The SMILES string of the molecule is CCCCOc1ccc(-c2nc(CCOc3ccc(CCC(=O)O)c(CNC(=O)OCC4CC4)c3)c(C)o2)cc1. The maximum atomic E-state index is 12.1. The van der Waals surface area contributed by atoms with Crippen molar-refractivity contribution in [3.63, 3.8) is 0 Å². The largest absolute Gasteiger partial charge is 0.494 e. The maximum absolute atomic E-state index is 12.1. The van der Waals surface area contributed by atoms with E-state index in [1.807, 2.05) is 49.4 Å². The van der Waals surface area contributed by atoms with Crippen LogP contribution in [0.1, 0.15) is 61.6 Å². The summed E-state index contributed by atoms with van der Waals surface area (Å²) in [5.41, 5.74) is 3.33. The minimum absolute atomic E-state index is 0.00169. The lowest BCUT2D eigenvalue weighted by atomic mass is 10.0. The van der Waals surface area contributed by atoms with Gasteiger partial charge >= 0.3 is 12.1 Å². The molecule has 214 valence electrons. The van der Waals surface area contributed by atoms with Crippen LogP contribution in [0.3, 0.4) is 0 Å². The monoisotopic (exact) mass is 550 g/mol. The number of aliphatic carboxylic acids is 1. The molecule has 3 aromatic rings. The summed E-state index contributed by atoms with van der Waals surface area (Å²) in [6.45, 7) is 5.76. The van der Waals surface area contributed by atoms with Gasteiger partial charge in [0, 0.05) is 24.9 Å². The van der Waals surface area contributed by atoms with E-state index in [-0.39, 0.29) is 13.0 Å². The molecule has 1 heterocycles. The standard InChI is InChI=1S/C31H38N2O7/c1-3-4-16-37-26-11-8-24(9-12-26)30-33-28(21(2)40-30)15-17-38-27-13-7-23(10-14-29(34)35)25(18-27)19-32-31(36)39-20-22-5-6-22/h7-9,11-13,18,22H,3-6,10,14-17,19-20H2,1-2H3,(H,32,36)(H,34,35). The van der Waals surface area contributed by atoms with E-state index in [4.69, 9.17) is 23.7 Å². The predicted molar refractivity (Wildman–Crippen MR) is 150 cm³/mol. The molecule has 1 aliphatic carbocycles. The molecule has 0 atom stereocenters. The number of amides is 1. The molecule has 9 heteroatoms. The van der Waals surface area contributed by atoms with Crippen molar-refractivity contribution in [1.82, 2.24) is 10.3 Å². The maximum Gasteiger partial charge on any atom is 0.407 e. The molecule has 9 nitrogen and oxygen atoms in total. The van der Waals surface area contributed by atoms with Gasteiger partial charge < -0.3 is 29.1 Å². The highest BCUT2D eigenvalue weighted by Gasteiger charge is 2.23. The minimum Gasteiger partial charge on any atom is -0.494 e. The molecule has 1 amide bonds. The van der Waals surface area contributed by atoms with Gasteiger partial charge in [-0.2, -0.15) is 0 Å². The molecule has 2 N–H and O–H groups in total. The highest BCUT2D eigenvalue weighted by molar-refractivity contribution is 5.68. The number of carbonyl (C=O) groups is 2. The van der Waals surface area contributed by atoms with Crippen molar-refractivity contribution in [2.45, 2.75) is 65.3 Å². The van der Waals surface area contributed by atoms with Crippen LogP contribution in [-0.2, 0) is 28.9 Å².